The Balaban J connectivity index is 2.01. The zero-order valence-corrected chi connectivity index (χ0v) is 10.0. The standard InChI is InChI=1S/C12H8N2O3S/c15-6-9-2-1-8(17-9)5-14-7-13-11-10(12(14)16)3-4-18-11/h1-4,6-7H,5H2. The van der Waals surface area contributed by atoms with E-state index in [0.717, 1.165) is 4.83 Å². The van der Waals surface area contributed by atoms with Gasteiger partial charge in [-0.1, -0.05) is 0 Å². The molecule has 0 amide bonds. The first-order chi connectivity index (χ1) is 8.78. The molecule has 0 atom stereocenters. The largest absolute Gasteiger partial charge is 0.456 e. The van der Waals surface area contributed by atoms with Gasteiger partial charge in [0, 0.05) is 0 Å². The van der Waals surface area contributed by atoms with Crippen molar-refractivity contribution in [2.24, 2.45) is 0 Å². The van der Waals surface area contributed by atoms with Gasteiger partial charge in [-0.2, -0.15) is 0 Å². The number of furan rings is 1. The van der Waals surface area contributed by atoms with Crippen LogP contribution >= 0.6 is 11.3 Å². The average molecular weight is 260 g/mol. The third-order valence-corrected chi connectivity index (χ3v) is 3.40. The summed E-state index contributed by atoms with van der Waals surface area (Å²) in [5, 5.41) is 2.44. The van der Waals surface area contributed by atoms with E-state index in [1.165, 1.54) is 22.2 Å². The number of carbonyl (C=O) groups excluding carboxylic acids is 1. The summed E-state index contributed by atoms with van der Waals surface area (Å²) < 4.78 is 6.69. The Morgan fingerprint density at radius 3 is 3.06 bits per heavy atom. The number of hydrogen-bond acceptors (Lipinski definition) is 5. The number of fused-ring (bicyclic) bond motifs is 1. The molecule has 0 bridgehead atoms. The van der Waals surface area contributed by atoms with E-state index in [0.29, 0.717) is 17.4 Å². The van der Waals surface area contributed by atoms with E-state index in [4.69, 9.17) is 4.42 Å². The number of aromatic nitrogens is 2. The van der Waals surface area contributed by atoms with Crippen LogP contribution in [0.5, 0.6) is 0 Å². The van der Waals surface area contributed by atoms with E-state index in [2.05, 4.69) is 4.98 Å². The minimum Gasteiger partial charge on any atom is -0.456 e. The zero-order valence-electron chi connectivity index (χ0n) is 9.20. The van der Waals surface area contributed by atoms with E-state index < -0.39 is 0 Å². The quantitative estimate of drug-likeness (QED) is 0.675. The van der Waals surface area contributed by atoms with Crippen LogP contribution in [0.3, 0.4) is 0 Å². The highest BCUT2D eigenvalue weighted by atomic mass is 32.1. The molecule has 0 aromatic carbocycles. The average Bonchev–Trinajstić information content (AvgIpc) is 3.01. The van der Waals surface area contributed by atoms with Crippen LogP contribution in [0.1, 0.15) is 16.3 Å². The summed E-state index contributed by atoms with van der Waals surface area (Å²) in [6.07, 6.45) is 2.12. The van der Waals surface area contributed by atoms with Crippen molar-refractivity contribution in [1.82, 2.24) is 9.55 Å². The summed E-state index contributed by atoms with van der Waals surface area (Å²) in [5.41, 5.74) is -0.106. The summed E-state index contributed by atoms with van der Waals surface area (Å²) in [6, 6.07) is 5.00. The second-order valence-corrected chi connectivity index (χ2v) is 4.63. The first-order valence-corrected chi connectivity index (χ1v) is 6.12. The second-order valence-electron chi connectivity index (χ2n) is 3.74. The molecule has 5 nitrogen and oxygen atoms in total. The van der Waals surface area contributed by atoms with Crippen molar-refractivity contribution in [3.8, 4) is 0 Å². The molecular weight excluding hydrogens is 252 g/mol. The smallest absolute Gasteiger partial charge is 0.262 e. The molecule has 0 saturated heterocycles. The SMILES string of the molecule is O=Cc1ccc(Cn2cnc3sccc3c2=O)o1. The number of nitrogens with zero attached hydrogens (tertiary/aromatic N) is 2. The Kier molecular flexibility index (Phi) is 2.56. The topological polar surface area (TPSA) is 65.1 Å². The molecule has 90 valence electrons. The van der Waals surface area contributed by atoms with Gasteiger partial charge in [0.1, 0.15) is 10.6 Å². The number of rotatable bonds is 3. The van der Waals surface area contributed by atoms with Gasteiger partial charge < -0.3 is 4.42 Å². The molecule has 3 aromatic rings. The lowest BCUT2D eigenvalue weighted by atomic mass is 10.4. The molecule has 3 aromatic heterocycles. The van der Waals surface area contributed by atoms with Gasteiger partial charge in [0.2, 0.25) is 0 Å². The molecule has 0 spiro atoms. The number of carbonyl (C=O) groups is 1. The Morgan fingerprint density at radius 1 is 1.39 bits per heavy atom. The first kappa shape index (κ1) is 10.9. The van der Waals surface area contributed by atoms with Gasteiger partial charge in [-0.15, -0.1) is 11.3 Å². The van der Waals surface area contributed by atoms with Gasteiger partial charge in [-0.05, 0) is 23.6 Å². The van der Waals surface area contributed by atoms with Gasteiger partial charge in [0.05, 0.1) is 18.3 Å². The lowest BCUT2D eigenvalue weighted by Gasteiger charge is -2.02. The summed E-state index contributed by atoms with van der Waals surface area (Å²) in [7, 11) is 0. The van der Waals surface area contributed by atoms with Crippen LogP contribution in [-0.4, -0.2) is 15.8 Å². The molecule has 0 aliphatic heterocycles. The van der Waals surface area contributed by atoms with Gasteiger partial charge in [-0.3, -0.25) is 14.2 Å². The molecule has 6 heteroatoms. The summed E-state index contributed by atoms with van der Waals surface area (Å²) >= 11 is 1.43. The van der Waals surface area contributed by atoms with E-state index in [9.17, 15) is 9.59 Å². The van der Waals surface area contributed by atoms with Gasteiger partial charge >= 0.3 is 0 Å². The van der Waals surface area contributed by atoms with Crippen molar-refractivity contribution in [3.05, 3.63) is 51.8 Å². The monoisotopic (exact) mass is 260 g/mol. The van der Waals surface area contributed by atoms with Crippen LogP contribution in [0.15, 0.2) is 39.1 Å². The summed E-state index contributed by atoms with van der Waals surface area (Å²) in [6.45, 7) is 0.269. The number of aldehydes is 1. The van der Waals surface area contributed by atoms with Crippen molar-refractivity contribution < 1.29 is 9.21 Å². The van der Waals surface area contributed by atoms with Crippen molar-refractivity contribution in [3.63, 3.8) is 0 Å². The van der Waals surface area contributed by atoms with E-state index in [1.54, 1.807) is 18.2 Å². The predicted molar refractivity (Wildman–Crippen MR) is 67.1 cm³/mol. The van der Waals surface area contributed by atoms with Crippen LogP contribution in [0, 0.1) is 0 Å². The van der Waals surface area contributed by atoms with Crippen LogP contribution in [-0.2, 0) is 6.54 Å². The van der Waals surface area contributed by atoms with Crippen molar-refractivity contribution >= 4 is 27.8 Å². The predicted octanol–water partition coefficient (Wildman–Crippen LogP) is 1.91. The van der Waals surface area contributed by atoms with Gasteiger partial charge in [0.25, 0.3) is 5.56 Å². The minimum atomic E-state index is -0.106. The Bertz CT molecular complexity index is 769. The lowest BCUT2D eigenvalue weighted by molar-refractivity contribution is 0.109. The summed E-state index contributed by atoms with van der Waals surface area (Å²) in [4.78, 5) is 27.5. The van der Waals surface area contributed by atoms with Crippen molar-refractivity contribution in [2.75, 3.05) is 0 Å². The van der Waals surface area contributed by atoms with Gasteiger partial charge in [-0.25, -0.2) is 4.98 Å². The normalized spacial score (nSPS) is 10.9. The molecule has 0 aliphatic carbocycles. The fraction of sp³-hybridized carbons (Fsp3) is 0.0833. The molecule has 0 unspecified atom stereocenters. The van der Waals surface area contributed by atoms with Crippen LogP contribution < -0.4 is 5.56 Å². The lowest BCUT2D eigenvalue weighted by Crippen LogP contribution is -2.20. The highest BCUT2D eigenvalue weighted by Gasteiger charge is 2.07. The van der Waals surface area contributed by atoms with Crippen molar-refractivity contribution in [1.29, 1.82) is 0 Å². The van der Waals surface area contributed by atoms with E-state index in [1.807, 2.05) is 5.38 Å². The van der Waals surface area contributed by atoms with Crippen molar-refractivity contribution in [2.45, 2.75) is 6.54 Å². The molecule has 3 heterocycles. The summed E-state index contributed by atoms with van der Waals surface area (Å²) in [5.74, 6) is 0.804. The molecule has 18 heavy (non-hydrogen) atoms. The molecule has 0 fully saturated rings. The maximum atomic E-state index is 12.1. The molecule has 0 saturated carbocycles. The minimum absolute atomic E-state index is 0.106. The molecule has 3 rings (SSSR count). The van der Waals surface area contributed by atoms with Crippen LogP contribution in [0.25, 0.3) is 10.2 Å². The molecule has 0 radical (unpaired) electrons. The van der Waals surface area contributed by atoms with Gasteiger partial charge in [0.15, 0.2) is 12.0 Å². The number of hydrogen-bond donors (Lipinski definition) is 0. The number of thiophene rings is 1. The molecule has 0 aliphatic rings. The molecule has 0 N–H and O–H groups in total. The fourth-order valence-corrected chi connectivity index (χ4v) is 2.44. The van der Waals surface area contributed by atoms with Crippen LogP contribution in [0.4, 0.5) is 0 Å². The van der Waals surface area contributed by atoms with E-state index in [-0.39, 0.29) is 17.9 Å². The zero-order chi connectivity index (χ0) is 12.5. The fourth-order valence-electron chi connectivity index (χ4n) is 1.72. The maximum absolute atomic E-state index is 12.1. The third-order valence-electron chi connectivity index (χ3n) is 2.58. The first-order valence-electron chi connectivity index (χ1n) is 5.24. The highest BCUT2D eigenvalue weighted by Crippen LogP contribution is 2.14. The van der Waals surface area contributed by atoms with E-state index >= 15 is 0 Å². The second kappa shape index (κ2) is 4.23. The third kappa shape index (κ3) is 1.76. The van der Waals surface area contributed by atoms with Crippen LogP contribution in [0.2, 0.25) is 0 Å². The Hall–Kier alpha value is -2.21. The molecular formula is C12H8N2O3S. The maximum Gasteiger partial charge on any atom is 0.262 e. The highest BCUT2D eigenvalue weighted by molar-refractivity contribution is 7.16. The Morgan fingerprint density at radius 2 is 2.28 bits per heavy atom. The Labute approximate surface area is 105 Å².